The number of Topliss-reactive ketones (excluding diaryl/α,β-unsaturated/α-hetero) is 1. The van der Waals surface area contributed by atoms with E-state index in [0.717, 1.165) is 4.90 Å². The van der Waals surface area contributed by atoms with Crippen molar-refractivity contribution in [1.82, 2.24) is 0 Å². The minimum absolute atomic E-state index is 0.0245. The lowest BCUT2D eigenvalue weighted by atomic mass is 10.1. The van der Waals surface area contributed by atoms with Crippen LogP contribution in [0.5, 0.6) is 11.5 Å². The molecule has 7 heteroatoms. The van der Waals surface area contributed by atoms with Crippen molar-refractivity contribution in [3.8, 4) is 11.5 Å². The van der Waals surface area contributed by atoms with Gasteiger partial charge in [0.05, 0.1) is 11.3 Å². The first kappa shape index (κ1) is 19.0. The fraction of sp³-hybridized carbons (Fsp3) is 0.0909. The molecule has 0 fully saturated rings. The number of amides is 1. The van der Waals surface area contributed by atoms with E-state index in [1.54, 1.807) is 42.5 Å². The summed E-state index contributed by atoms with van der Waals surface area (Å²) in [5.41, 5.74) is 1.05. The summed E-state index contributed by atoms with van der Waals surface area (Å²) in [4.78, 5) is 25.5. The topological polar surface area (TPSA) is 64.6 Å². The summed E-state index contributed by atoms with van der Waals surface area (Å²) in [6.45, 7) is 0.160. The summed E-state index contributed by atoms with van der Waals surface area (Å²) in [6, 6.07) is 18.0. The lowest BCUT2D eigenvalue weighted by molar-refractivity contribution is 0.101. The Labute approximate surface area is 170 Å². The molecule has 0 radical (unpaired) electrons. The van der Waals surface area contributed by atoms with Gasteiger partial charge in [-0.15, -0.1) is 11.8 Å². The van der Waals surface area contributed by atoms with E-state index >= 15 is 0 Å². The highest BCUT2D eigenvalue weighted by atomic mass is 32.2. The summed E-state index contributed by atoms with van der Waals surface area (Å²) in [5.74, 6) is 0.275. The third kappa shape index (κ3) is 4.41. The molecular formula is C22H16FNO4S. The zero-order valence-electron chi connectivity index (χ0n) is 15.2. The first-order valence-corrected chi connectivity index (χ1v) is 9.80. The molecule has 0 spiro atoms. The van der Waals surface area contributed by atoms with E-state index in [9.17, 15) is 14.0 Å². The average Bonchev–Trinajstić information content (AvgIpc) is 3.20. The largest absolute Gasteiger partial charge is 0.454 e. The van der Waals surface area contributed by atoms with E-state index in [4.69, 9.17) is 9.47 Å². The van der Waals surface area contributed by atoms with Crippen molar-refractivity contribution < 1.29 is 23.5 Å². The lowest BCUT2D eigenvalue weighted by Crippen LogP contribution is -2.13. The monoisotopic (exact) mass is 409 g/mol. The van der Waals surface area contributed by atoms with Gasteiger partial charge in [-0.25, -0.2) is 4.39 Å². The van der Waals surface area contributed by atoms with Crippen LogP contribution >= 0.6 is 11.8 Å². The molecule has 0 aromatic heterocycles. The van der Waals surface area contributed by atoms with Crippen molar-refractivity contribution in [3.05, 3.63) is 83.7 Å². The Bertz CT molecular complexity index is 1090. The molecule has 3 aromatic carbocycles. The second-order valence-corrected chi connectivity index (χ2v) is 7.29. The molecule has 1 aliphatic heterocycles. The van der Waals surface area contributed by atoms with Crippen LogP contribution in [-0.2, 0) is 0 Å². The highest BCUT2D eigenvalue weighted by Crippen LogP contribution is 2.33. The number of ether oxygens (including phenoxy) is 2. The minimum Gasteiger partial charge on any atom is -0.454 e. The molecule has 1 aliphatic rings. The second kappa shape index (κ2) is 8.36. The molecule has 29 heavy (non-hydrogen) atoms. The zero-order chi connectivity index (χ0) is 20.2. The molecule has 0 saturated heterocycles. The molecule has 3 aromatic rings. The van der Waals surface area contributed by atoms with Crippen molar-refractivity contribution in [2.45, 2.75) is 4.90 Å². The number of benzene rings is 3. The zero-order valence-corrected chi connectivity index (χ0v) is 16.0. The van der Waals surface area contributed by atoms with Crippen molar-refractivity contribution >= 4 is 29.1 Å². The third-order valence-electron chi connectivity index (χ3n) is 4.27. The molecule has 146 valence electrons. The Morgan fingerprint density at radius 3 is 2.66 bits per heavy atom. The highest BCUT2D eigenvalue weighted by Gasteiger charge is 2.16. The number of rotatable bonds is 6. The van der Waals surface area contributed by atoms with Gasteiger partial charge in [0.2, 0.25) is 6.79 Å². The maximum Gasteiger partial charge on any atom is 0.258 e. The van der Waals surface area contributed by atoms with E-state index in [1.165, 1.54) is 30.0 Å². The first-order chi connectivity index (χ1) is 14.1. The predicted octanol–water partition coefficient (Wildman–Crippen LogP) is 4.78. The molecule has 1 amide bonds. The molecule has 0 unspecified atom stereocenters. The number of hydrogen-bond donors (Lipinski definition) is 1. The maximum atomic E-state index is 13.8. The van der Waals surface area contributed by atoms with Crippen LogP contribution in [0.2, 0.25) is 0 Å². The highest BCUT2D eigenvalue weighted by molar-refractivity contribution is 8.00. The van der Waals surface area contributed by atoms with Crippen LogP contribution in [0.15, 0.2) is 71.6 Å². The Morgan fingerprint density at radius 1 is 0.966 bits per heavy atom. The normalized spacial score (nSPS) is 11.9. The summed E-state index contributed by atoms with van der Waals surface area (Å²) in [6.07, 6.45) is 0. The number of nitrogens with one attached hydrogen (secondary N) is 1. The van der Waals surface area contributed by atoms with Crippen LogP contribution in [0, 0.1) is 5.82 Å². The van der Waals surface area contributed by atoms with Gasteiger partial charge in [0.25, 0.3) is 5.91 Å². The minimum atomic E-state index is -0.579. The molecule has 1 heterocycles. The van der Waals surface area contributed by atoms with Crippen LogP contribution in [0.4, 0.5) is 10.1 Å². The molecule has 4 rings (SSSR count). The maximum absolute atomic E-state index is 13.8. The summed E-state index contributed by atoms with van der Waals surface area (Å²) in [7, 11) is 0. The average molecular weight is 409 g/mol. The van der Waals surface area contributed by atoms with Gasteiger partial charge < -0.3 is 14.8 Å². The first-order valence-electron chi connectivity index (χ1n) is 8.82. The van der Waals surface area contributed by atoms with Crippen LogP contribution < -0.4 is 14.8 Å². The standard InChI is InChI=1S/C22H16FNO4S/c23-18-7-2-1-6-17(18)22(26)24-15-4-3-5-16(11-15)29-12-19(25)14-8-9-20-21(10-14)28-13-27-20/h1-11H,12-13H2,(H,24,26). The SMILES string of the molecule is O=C(CSc1cccc(NC(=O)c2ccccc2F)c1)c1ccc2c(c1)OCO2. The molecule has 0 bridgehead atoms. The van der Waals surface area contributed by atoms with Gasteiger partial charge in [0, 0.05) is 16.1 Å². The van der Waals surface area contributed by atoms with Gasteiger partial charge in [-0.2, -0.15) is 0 Å². The molecule has 1 N–H and O–H groups in total. The van der Waals surface area contributed by atoms with Gasteiger partial charge in [-0.1, -0.05) is 18.2 Å². The fourth-order valence-corrected chi connectivity index (χ4v) is 3.66. The van der Waals surface area contributed by atoms with Crippen molar-refractivity contribution in [2.24, 2.45) is 0 Å². The van der Waals surface area contributed by atoms with E-state index in [1.807, 2.05) is 6.07 Å². The number of anilines is 1. The lowest BCUT2D eigenvalue weighted by Gasteiger charge is -2.08. The smallest absolute Gasteiger partial charge is 0.258 e. The summed E-state index contributed by atoms with van der Waals surface area (Å²) in [5, 5.41) is 2.68. The van der Waals surface area contributed by atoms with Crippen LogP contribution in [-0.4, -0.2) is 24.2 Å². The van der Waals surface area contributed by atoms with E-state index in [-0.39, 0.29) is 23.9 Å². The number of ketones is 1. The molecule has 5 nitrogen and oxygen atoms in total. The number of halogens is 1. The number of fused-ring (bicyclic) bond motifs is 1. The molecule has 0 atom stereocenters. The summed E-state index contributed by atoms with van der Waals surface area (Å²) >= 11 is 1.35. The van der Waals surface area contributed by atoms with Crippen LogP contribution in [0.1, 0.15) is 20.7 Å². The molecule has 0 saturated carbocycles. The second-order valence-electron chi connectivity index (χ2n) is 6.24. The number of thioether (sulfide) groups is 1. The molecule has 0 aliphatic carbocycles. The van der Waals surface area contributed by atoms with Crippen LogP contribution in [0.3, 0.4) is 0 Å². The van der Waals surface area contributed by atoms with Crippen molar-refractivity contribution in [2.75, 3.05) is 17.9 Å². The van der Waals surface area contributed by atoms with Crippen molar-refractivity contribution in [1.29, 1.82) is 0 Å². The Hall–Kier alpha value is -3.32. The fourth-order valence-electron chi connectivity index (χ4n) is 2.81. The quantitative estimate of drug-likeness (QED) is 0.469. The van der Waals surface area contributed by atoms with E-state index < -0.39 is 11.7 Å². The third-order valence-corrected chi connectivity index (χ3v) is 5.27. The Morgan fingerprint density at radius 2 is 1.79 bits per heavy atom. The number of carbonyl (C=O) groups is 2. The molecular weight excluding hydrogens is 393 g/mol. The van der Waals surface area contributed by atoms with Gasteiger partial charge in [-0.05, 0) is 48.5 Å². The predicted molar refractivity (Wildman–Crippen MR) is 108 cm³/mol. The van der Waals surface area contributed by atoms with Crippen molar-refractivity contribution in [3.63, 3.8) is 0 Å². The Balaban J connectivity index is 1.39. The van der Waals surface area contributed by atoms with Gasteiger partial charge in [0.15, 0.2) is 17.3 Å². The summed E-state index contributed by atoms with van der Waals surface area (Å²) < 4.78 is 24.3. The van der Waals surface area contributed by atoms with Gasteiger partial charge >= 0.3 is 0 Å². The van der Waals surface area contributed by atoms with E-state index in [2.05, 4.69) is 5.32 Å². The van der Waals surface area contributed by atoms with E-state index in [0.29, 0.717) is 22.7 Å². The Kier molecular flexibility index (Phi) is 5.48. The van der Waals surface area contributed by atoms with Crippen LogP contribution in [0.25, 0.3) is 0 Å². The number of carbonyl (C=O) groups excluding carboxylic acids is 2. The van der Waals surface area contributed by atoms with Gasteiger partial charge in [0.1, 0.15) is 5.82 Å². The number of hydrogen-bond acceptors (Lipinski definition) is 5. The van der Waals surface area contributed by atoms with Gasteiger partial charge in [-0.3, -0.25) is 9.59 Å².